The number of hydrazine groups is 1. The summed E-state index contributed by atoms with van der Waals surface area (Å²) in [4.78, 5) is 24.0. The molecule has 8 nitrogen and oxygen atoms in total. The van der Waals surface area contributed by atoms with E-state index in [1.807, 2.05) is 0 Å². The Morgan fingerprint density at radius 3 is 2.42 bits per heavy atom. The van der Waals surface area contributed by atoms with Gasteiger partial charge < -0.3 is 4.42 Å². The van der Waals surface area contributed by atoms with E-state index in [4.69, 9.17) is 16.0 Å². The van der Waals surface area contributed by atoms with Gasteiger partial charge in [0.2, 0.25) is 10.0 Å². The van der Waals surface area contributed by atoms with Crippen LogP contribution in [0.5, 0.6) is 0 Å². The van der Waals surface area contributed by atoms with Crippen LogP contribution in [-0.4, -0.2) is 26.3 Å². The Kier molecular flexibility index (Phi) is 6.06. The SMILES string of the molecule is Cc1cc(C(=O)NNC(=O)[C@H](C)NS(=O)(=O)c2cccc(Cl)c2)c(C)o1. The van der Waals surface area contributed by atoms with Crippen molar-refractivity contribution < 1.29 is 22.4 Å². The third kappa shape index (κ3) is 4.84. The lowest BCUT2D eigenvalue weighted by Crippen LogP contribution is -2.51. The number of nitrogens with one attached hydrogen (secondary N) is 3. The number of hydrogen-bond donors (Lipinski definition) is 3. The summed E-state index contributed by atoms with van der Waals surface area (Å²) in [5, 5.41) is 0.253. The highest BCUT2D eigenvalue weighted by atomic mass is 35.5. The molecular weight excluding hydrogens is 382 g/mol. The minimum absolute atomic E-state index is 0.0711. The van der Waals surface area contributed by atoms with Gasteiger partial charge in [0.15, 0.2) is 0 Å². The van der Waals surface area contributed by atoms with E-state index in [9.17, 15) is 18.0 Å². The fourth-order valence-corrected chi connectivity index (χ4v) is 3.64. The first-order valence-corrected chi connectivity index (χ1v) is 9.41. The van der Waals surface area contributed by atoms with Crippen LogP contribution >= 0.6 is 11.6 Å². The van der Waals surface area contributed by atoms with Gasteiger partial charge in [-0.1, -0.05) is 17.7 Å². The van der Waals surface area contributed by atoms with Crippen LogP contribution in [0.25, 0.3) is 0 Å². The molecule has 3 N–H and O–H groups in total. The zero-order valence-electron chi connectivity index (χ0n) is 14.3. The quantitative estimate of drug-likeness (QED) is 0.661. The van der Waals surface area contributed by atoms with E-state index >= 15 is 0 Å². The minimum Gasteiger partial charge on any atom is -0.466 e. The van der Waals surface area contributed by atoms with Gasteiger partial charge in [0, 0.05) is 5.02 Å². The fourth-order valence-electron chi connectivity index (χ4n) is 2.14. The molecule has 140 valence electrons. The van der Waals surface area contributed by atoms with Crippen molar-refractivity contribution in [2.45, 2.75) is 31.7 Å². The van der Waals surface area contributed by atoms with Crippen molar-refractivity contribution >= 4 is 33.4 Å². The third-order valence-electron chi connectivity index (χ3n) is 3.42. The lowest BCUT2D eigenvalue weighted by atomic mass is 10.2. The molecular formula is C16H18ClN3O5S. The number of amides is 2. The largest absolute Gasteiger partial charge is 0.466 e. The van der Waals surface area contributed by atoms with Crippen molar-refractivity contribution in [3.05, 3.63) is 52.4 Å². The number of halogens is 1. The van der Waals surface area contributed by atoms with Crippen LogP contribution in [0.1, 0.15) is 28.8 Å². The number of aryl methyl sites for hydroxylation is 2. The van der Waals surface area contributed by atoms with E-state index < -0.39 is 27.9 Å². The summed E-state index contributed by atoms with van der Waals surface area (Å²) in [6, 6.07) is 6.03. The molecule has 0 aliphatic rings. The van der Waals surface area contributed by atoms with Crippen molar-refractivity contribution in [2.24, 2.45) is 0 Å². The van der Waals surface area contributed by atoms with Gasteiger partial charge >= 0.3 is 0 Å². The molecule has 0 saturated heterocycles. The zero-order chi connectivity index (χ0) is 19.5. The van der Waals surface area contributed by atoms with Gasteiger partial charge in [-0.15, -0.1) is 0 Å². The highest BCUT2D eigenvalue weighted by Crippen LogP contribution is 2.15. The molecule has 2 aromatic rings. The van der Waals surface area contributed by atoms with Gasteiger partial charge in [0.1, 0.15) is 11.5 Å². The van der Waals surface area contributed by atoms with Crippen molar-refractivity contribution in [1.29, 1.82) is 0 Å². The Hall–Kier alpha value is -2.36. The maximum atomic E-state index is 12.3. The van der Waals surface area contributed by atoms with E-state index in [0.717, 1.165) is 0 Å². The van der Waals surface area contributed by atoms with Crippen molar-refractivity contribution in [1.82, 2.24) is 15.6 Å². The van der Waals surface area contributed by atoms with Crippen LogP contribution in [-0.2, 0) is 14.8 Å². The van der Waals surface area contributed by atoms with Gasteiger partial charge in [-0.2, -0.15) is 4.72 Å². The summed E-state index contributed by atoms with van der Waals surface area (Å²) in [5.74, 6) is -0.343. The molecule has 1 aromatic heterocycles. The Morgan fingerprint density at radius 2 is 1.85 bits per heavy atom. The number of carbonyl (C=O) groups is 2. The lowest BCUT2D eigenvalue weighted by Gasteiger charge is -2.15. The molecule has 0 fully saturated rings. The maximum absolute atomic E-state index is 12.3. The van der Waals surface area contributed by atoms with E-state index in [0.29, 0.717) is 11.5 Å². The van der Waals surface area contributed by atoms with Crippen LogP contribution in [0.4, 0.5) is 0 Å². The number of rotatable bonds is 5. The van der Waals surface area contributed by atoms with Gasteiger partial charge in [-0.25, -0.2) is 8.42 Å². The van der Waals surface area contributed by atoms with Crippen LogP contribution in [0, 0.1) is 13.8 Å². The summed E-state index contributed by atoms with van der Waals surface area (Å²) in [6.45, 7) is 4.65. The molecule has 1 atom stereocenters. The topological polar surface area (TPSA) is 118 Å². The molecule has 2 rings (SSSR count). The van der Waals surface area contributed by atoms with Crippen LogP contribution in [0.3, 0.4) is 0 Å². The summed E-state index contributed by atoms with van der Waals surface area (Å²) in [7, 11) is -3.94. The first-order chi connectivity index (χ1) is 12.1. The molecule has 2 amide bonds. The predicted octanol–water partition coefficient (Wildman–Crippen LogP) is 1.68. The summed E-state index contributed by atoms with van der Waals surface area (Å²) in [5.41, 5.74) is 4.66. The fraction of sp³-hybridized carbons (Fsp3) is 0.250. The van der Waals surface area contributed by atoms with Crippen molar-refractivity contribution in [3.8, 4) is 0 Å². The van der Waals surface area contributed by atoms with Crippen LogP contribution in [0.15, 0.2) is 39.6 Å². The molecule has 26 heavy (non-hydrogen) atoms. The Bertz CT molecular complexity index is 939. The highest BCUT2D eigenvalue weighted by Gasteiger charge is 2.23. The predicted molar refractivity (Wildman–Crippen MR) is 95.0 cm³/mol. The number of sulfonamides is 1. The lowest BCUT2D eigenvalue weighted by molar-refractivity contribution is -0.123. The van der Waals surface area contributed by atoms with Gasteiger partial charge in [-0.3, -0.25) is 20.4 Å². The minimum atomic E-state index is -3.94. The van der Waals surface area contributed by atoms with Gasteiger partial charge in [0.05, 0.1) is 16.5 Å². The molecule has 0 aliphatic carbocycles. The summed E-state index contributed by atoms with van der Waals surface area (Å²) < 4.78 is 32.0. The molecule has 0 unspecified atom stereocenters. The number of hydrogen-bond acceptors (Lipinski definition) is 5. The molecule has 0 spiro atoms. The standard InChI is InChI=1S/C16H18ClN3O5S/c1-9-7-14(11(3)25-9)16(22)19-18-15(21)10(2)20-26(23,24)13-6-4-5-12(17)8-13/h4-8,10,20H,1-3H3,(H,18,21)(H,19,22)/t10-/m0/s1. The van der Waals surface area contributed by atoms with Crippen LogP contribution < -0.4 is 15.6 Å². The van der Waals surface area contributed by atoms with E-state index in [-0.39, 0.29) is 15.5 Å². The van der Waals surface area contributed by atoms with E-state index in [1.165, 1.54) is 37.3 Å². The summed E-state index contributed by atoms with van der Waals surface area (Å²) >= 11 is 5.78. The second-order valence-corrected chi connectivity index (χ2v) is 7.72. The molecule has 0 aliphatic heterocycles. The average molecular weight is 400 g/mol. The molecule has 0 radical (unpaired) electrons. The first-order valence-electron chi connectivity index (χ1n) is 7.55. The second-order valence-electron chi connectivity index (χ2n) is 5.57. The maximum Gasteiger partial charge on any atom is 0.273 e. The first kappa shape index (κ1) is 20.0. The van der Waals surface area contributed by atoms with Gasteiger partial charge in [-0.05, 0) is 45.0 Å². The number of furan rings is 1. The van der Waals surface area contributed by atoms with Crippen molar-refractivity contribution in [3.63, 3.8) is 0 Å². The number of carbonyl (C=O) groups excluding carboxylic acids is 2. The highest BCUT2D eigenvalue weighted by molar-refractivity contribution is 7.89. The molecule has 1 aromatic carbocycles. The summed E-state index contributed by atoms with van der Waals surface area (Å²) in [6.07, 6.45) is 0. The van der Waals surface area contributed by atoms with Crippen LogP contribution in [0.2, 0.25) is 5.02 Å². The number of benzene rings is 1. The molecule has 10 heteroatoms. The Morgan fingerprint density at radius 1 is 1.15 bits per heavy atom. The Labute approximate surface area is 155 Å². The van der Waals surface area contributed by atoms with E-state index in [2.05, 4.69) is 15.6 Å². The normalized spacial score (nSPS) is 12.5. The van der Waals surface area contributed by atoms with Crippen molar-refractivity contribution in [2.75, 3.05) is 0 Å². The smallest absolute Gasteiger partial charge is 0.273 e. The third-order valence-corrected chi connectivity index (χ3v) is 5.19. The second kappa shape index (κ2) is 7.90. The zero-order valence-corrected chi connectivity index (χ0v) is 15.9. The molecule has 0 saturated carbocycles. The average Bonchev–Trinajstić information content (AvgIpc) is 2.90. The van der Waals surface area contributed by atoms with Gasteiger partial charge in [0.25, 0.3) is 11.8 Å². The monoisotopic (exact) mass is 399 g/mol. The molecule has 0 bridgehead atoms. The van der Waals surface area contributed by atoms with E-state index in [1.54, 1.807) is 13.8 Å². The molecule has 1 heterocycles. The Balaban J connectivity index is 1.97.